The smallest absolute Gasteiger partial charge is 0.240 e. The second kappa shape index (κ2) is 8.03. The number of aromatic nitrogens is 1. The maximum absolute atomic E-state index is 13.2. The highest BCUT2D eigenvalue weighted by Crippen LogP contribution is 2.28. The van der Waals surface area contributed by atoms with Gasteiger partial charge in [0.1, 0.15) is 6.54 Å². The maximum atomic E-state index is 13.2. The number of hydrogen-bond donors (Lipinski definition) is 1. The van der Waals surface area contributed by atoms with Crippen molar-refractivity contribution in [1.82, 2.24) is 9.88 Å². The van der Waals surface area contributed by atoms with E-state index in [0.717, 1.165) is 42.3 Å². The second-order valence-electron chi connectivity index (χ2n) is 7.94. The van der Waals surface area contributed by atoms with E-state index in [1.54, 1.807) is 10.8 Å². The normalized spacial score (nSPS) is 15.1. The monoisotopic (exact) mass is 410 g/mol. The van der Waals surface area contributed by atoms with Gasteiger partial charge >= 0.3 is 0 Å². The Hall–Kier alpha value is -2.60. The molecule has 29 heavy (non-hydrogen) atoms. The van der Waals surface area contributed by atoms with Crippen molar-refractivity contribution in [3.05, 3.63) is 65.9 Å². The molecule has 1 aromatic heterocycles. The highest BCUT2D eigenvalue weighted by Gasteiger charge is 2.23. The predicted molar refractivity (Wildman–Crippen MR) is 114 cm³/mol. The van der Waals surface area contributed by atoms with Gasteiger partial charge in [0, 0.05) is 23.1 Å². The molecule has 4 rings (SSSR count). The van der Waals surface area contributed by atoms with Gasteiger partial charge in [0.15, 0.2) is 9.84 Å². The number of sulfone groups is 1. The molecular weight excluding hydrogens is 384 g/mol. The third-order valence-electron chi connectivity index (χ3n) is 5.56. The Kier molecular flexibility index (Phi) is 5.46. The molecule has 0 aliphatic heterocycles. The lowest BCUT2D eigenvalue weighted by molar-refractivity contribution is -0.122. The third kappa shape index (κ3) is 4.37. The van der Waals surface area contributed by atoms with Crippen LogP contribution in [-0.2, 0) is 26.9 Å². The van der Waals surface area contributed by atoms with Crippen molar-refractivity contribution in [1.29, 1.82) is 0 Å². The summed E-state index contributed by atoms with van der Waals surface area (Å²) in [5.41, 5.74) is 2.56. The fourth-order valence-corrected chi connectivity index (χ4v) is 5.76. The molecule has 6 heteroatoms. The molecule has 0 spiro atoms. The predicted octanol–water partition coefficient (Wildman–Crippen LogP) is 3.98. The van der Waals surface area contributed by atoms with E-state index in [1.165, 1.54) is 0 Å². The number of fused-ring (bicyclic) bond motifs is 1. The van der Waals surface area contributed by atoms with Crippen LogP contribution in [0.5, 0.6) is 0 Å². The van der Waals surface area contributed by atoms with Crippen LogP contribution in [0.2, 0.25) is 0 Å². The quantitative estimate of drug-likeness (QED) is 0.668. The molecule has 0 atom stereocenters. The van der Waals surface area contributed by atoms with Gasteiger partial charge in [-0.2, -0.15) is 0 Å². The molecule has 1 N–H and O–H groups in total. The Morgan fingerprint density at radius 3 is 2.62 bits per heavy atom. The van der Waals surface area contributed by atoms with E-state index in [2.05, 4.69) is 5.32 Å². The first-order chi connectivity index (χ1) is 13.9. The van der Waals surface area contributed by atoms with E-state index in [-0.39, 0.29) is 29.1 Å². The Balaban J connectivity index is 1.63. The number of nitrogens with zero attached hydrogens (tertiary/aromatic N) is 1. The molecule has 152 valence electrons. The minimum atomic E-state index is -3.55. The summed E-state index contributed by atoms with van der Waals surface area (Å²) >= 11 is 0. The zero-order chi connectivity index (χ0) is 20.4. The zero-order valence-electron chi connectivity index (χ0n) is 16.6. The standard InChI is InChI=1S/C23H26N2O3S/c1-17-7-6-8-18(13-17)16-29(27,28)22-14-25(21-12-5-4-11-20(21)22)15-23(26)24-19-9-2-3-10-19/h4-8,11-14,19H,2-3,9-10,15-16H2,1H3,(H,24,26). The summed E-state index contributed by atoms with van der Waals surface area (Å²) in [6.45, 7) is 2.07. The number of rotatable bonds is 6. The van der Waals surface area contributed by atoms with Gasteiger partial charge in [-0.3, -0.25) is 4.79 Å². The van der Waals surface area contributed by atoms with Crippen LogP contribution in [0.3, 0.4) is 0 Å². The third-order valence-corrected chi connectivity index (χ3v) is 7.27. The maximum Gasteiger partial charge on any atom is 0.240 e. The number of nitrogens with one attached hydrogen (secondary N) is 1. The SMILES string of the molecule is Cc1cccc(CS(=O)(=O)c2cn(CC(=O)NC3CCCC3)c3ccccc23)c1. The molecule has 1 saturated carbocycles. The Labute approximate surface area is 171 Å². The van der Waals surface area contributed by atoms with Crippen LogP contribution in [0.25, 0.3) is 10.9 Å². The largest absolute Gasteiger partial charge is 0.352 e. The number of para-hydroxylation sites is 1. The molecule has 5 nitrogen and oxygen atoms in total. The Bertz CT molecular complexity index is 1140. The minimum Gasteiger partial charge on any atom is -0.352 e. The number of amides is 1. The van der Waals surface area contributed by atoms with Gasteiger partial charge in [-0.05, 0) is 31.4 Å². The number of benzene rings is 2. The summed E-state index contributed by atoms with van der Waals surface area (Å²) < 4.78 is 28.1. The lowest BCUT2D eigenvalue weighted by Gasteiger charge is -2.12. The van der Waals surface area contributed by atoms with E-state index in [1.807, 2.05) is 55.5 Å². The second-order valence-corrected chi connectivity index (χ2v) is 9.89. The first kappa shape index (κ1) is 19.7. The molecule has 1 aliphatic rings. The van der Waals surface area contributed by atoms with Crippen LogP contribution in [0.1, 0.15) is 36.8 Å². The number of hydrogen-bond acceptors (Lipinski definition) is 3. The van der Waals surface area contributed by atoms with Crippen LogP contribution in [0, 0.1) is 6.92 Å². The van der Waals surface area contributed by atoms with Crippen molar-refractivity contribution >= 4 is 26.6 Å². The summed E-state index contributed by atoms with van der Waals surface area (Å²) in [6, 6.07) is 15.2. The highest BCUT2D eigenvalue weighted by atomic mass is 32.2. The lowest BCUT2D eigenvalue weighted by atomic mass is 10.2. The lowest BCUT2D eigenvalue weighted by Crippen LogP contribution is -2.35. The van der Waals surface area contributed by atoms with E-state index < -0.39 is 9.84 Å². The van der Waals surface area contributed by atoms with E-state index in [0.29, 0.717) is 5.39 Å². The first-order valence-corrected chi connectivity index (χ1v) is 11.7. The van der Waals surface area contributed by atoms with Crippen LogP contribution in [0.4, 0.5) is 0 Å². The van der Waals surface area contributed by atoms with Crippen molar-refractivity contribution in [2.24, 2.45) is 0 Å². The molecule has 1 fully saturated rings. The van der Waals surface area contributed by atoms with Gasteiger partial charge in [0.25, 0.3) is 0 Å². The van der Waals surface area contributed by atoms with Gasteiger partial charge in [0.05, 0.1) is 10.6 Å². The summed E-state index contributed by atoms with van der Waals surface area (Å²) in [4.78, 5) is 12.8. The van der Waals surface area contributed by atoms with Crippen molar-refractivity contribution < 1.29 is 13.2 Å². The Morgan fingerprint density at radius 2 is 1.86 bits per heavy atom. The molecule has 1 aliphatic carbocycles. The summed E-state index contributed by atoms with van der Waals surface area (Å²) in [5.74, 6) is -0.128. The highest BCUT2D eigenvalue weighted by molar-refractivity contribution is 7.90. The van der Waals surface area contributed by atoms with Gasteiger partial charge < -0.3 is 9.88 Å². The van der Waals surface area contributed by atoms with Crippen LogP contribution < -0.4 is 5.32 Å². The molecule has 1 amide bonds. The molecular formula is C23H26N2O3S. The molecule has 3 aromatic rings. The molecule has 0 unspecified atom stereocenters. The molecule has 0 saturated heterocycles. The van der Waals surface area contributed by atoms with Gasteiger partial charge in [0.2, 0.25) is 5.91 Å². The fraction of sp³-hybridized carbons (Fsp3) is 0.348. The molecule has 0 radical (unpaired) electrons. The fourth-order valence-electron chi connectivity index (χ4n) is 4.19. The summed E-state index contributed by atoms with van der Waals surface area (Å²) in [7, 11) is -3.55. The Morgan fingerprint density at radius 1 is 1.10 bits per heavy atom. The average Bonchev–Trinajstić information content (AvgIpc) is 3.30. The van der Waals surface area contributed by atoms with Crippen LogP contribution in [0.15, 0.2) is 59.6 Å². The molecule has 1 heterocycles. The topological polar surface area (TPSA) is 68.2 Å². The van der Waals surface area contributed by atoms with Gasteiger partial charge in [-0.25, -0.2) is 8.42 Å². The number of carbonyl (C=O) groups excluding carboxylic acids is 1. The van der Waals surface area contributed by atoms with Gasteiger partial charge in [-0.1, -0.05) is 60.9 Å². The van der Waals surface area contributed by atoms with Crippen LogP contribution in [-0.4, -0.2) is 24.9 Å². The van der Waals surface area contributed by atoms with Gasteiger partial charge in [-0.15, -0.1) is 0 Å². The van der Waals surface area contributed by atoms with Crippen molar-refractivity contribution in [3.8, 4) is 0 Å². The summed E-state index contributed by atoms with van der Waals surface area (Å²) in [6.07, 6.45) is 5.96. The number of carbonyl (C=O) groups is 1. The average molecular weight is 411 g/mol. The van der Waals surface area contributed by atoms with Crippen molar-refractivity contribution in [2.75, 3.05) is 0 Å². The summed E-state index contributed by atoms with van der Waals surface area (Å²) in [5, 5.41) is 3.74. The molecule has 2 aromatic carbocycles. The van der Waals surface area contributed by atoms with Crippen LogP contribution >= 0.6 is 0 Å². The first-order valence-electron chi connectivity index (χ1n) is 10.1. The number of aryl methyl sites for hydroxylation is 1. The zero-order valence-corrected chi connectivity index (χ0v) is 17.4. The van der Waals surface area contributed by atoms with E-state index in [4.69, 9.17) is 0 Å². The minimum absolute atomic E-state index is 0.0586. The van der Waals surface area contributed by atoms with Crippen molar-refractivity contribution in [2.45, 2.75) is 55.8 Å². The molecule has 0 bridgehead atoms. The van der Waals surface area contributed by atoms with Crippen molar-refractivity contribution in [3.63, 3.8) is 0 Å². The van der Waals surface area contributed by atoms with E-state index >= 15 is 0 Å². The van der Waals surface area contributed by atoms with E-state index in [9.17, 15) is 13.2 Å².